The fourth-order valence-corrected chi connectivity index (χ4v) is 5.14. The van der Waals surface area contributed by atoms with E-state index >= 15 is 0 Å². The minimum atomic E-state index is -0.124. The molecule has 4 aromatic rings. The van der Waals surface area contributed by atoms with E-state index in [2.05, 4.69) is 41.1 Å². The summed E-state index contributed by atoms with van der Waals surface area (Å²) < 4.78 is 36.0. The fourth-order valence-electron chi connectivity index (χ4n) is 5.14. The van der Waals surface area contributed by atoms with Crippen LogP contribution in [0.1, 0.15) is 28.4 Å². The molecule has 0 N–H and O–H groups in total. The molecule has 186 valence electrons. The van der Waals surface area contributed by atoms with Gasteiger partial charge in [0, 0.05) is 17.2 Å². The van der Waals surface area contributed by atoms with Gasteiger partial charge in [0.15, 0.2) is 46.4 Å². The average Bonchev–Trinajstić information content (AvgIpc) is 2.93. The number of benzene rings is 3. The molecule has 1 aromatic heterocycles. The zero-order valence-electron chi connectivity index (χ0n) is 21.4. The van der Waals surface area contributed by atoms with Crippen molar-refractivity contribution in [1.29, 1.82) is 0 Å². The number of aromatic nitrogens is 1. The van der Waals surface area contributed by atoms with Gasteiger partial charge >= 0.3 is 0 Å². The SMILES string of the molecule is COc1ccc([C@@H]2c3cc(OC)c(OC)cc3Cc3c4cc(OC)c(OC)cc4cc[n+]32)cc1OC. The van der Waals surface area contributed by atoms with Crippen molar-refractivity contribution >= 4 is 10.8 Å². The highest BCUT2D eigenvalue weighted by Crippen LogP contribution is 2.42. The van der Waals surface area contributed by atoms with Crippen molar-refractivity contribution in [2.45, 2.75) is 12.5 Å². The van der Waals surface area contributed by atoms with E-state index in [0.29, 0.717) is 40.9 Å². The molecule has 1 atom stereocenters. The van der Waals surface area contributed by atoms with Gasteiger partial charge in [-0.1, -0.05) is 0 Å². The number of hydrogen-bond donors (Lipinski definition) is 0. The maximum Gasteiger partial charge on any atom is 0.209 e. The number of fused-ring (bicyclic) bond motifs is 4. The zero-order chi connectivity index (χ0) is 25.4. The van der Waals surface area contributed by atoms with Crippen LogP contribution in [0.4, 0.5) is 0 Å². The molecular weight excluding hydrogens is 458 g/mol. The second-order valence-electron chi connectivity index (χ2n) is 8.56. The Morgan fingerprint density at radius 2 is 1.19 bits per heavy atom. The van der Waals surface area contributed by atoms with Crippen LogP contribution in [0.3, 0.4) is 0 Å². The fraction of sp³-hybridized carbons (Fsp3) is 0.276. The Hall–Kier alpha value is -4.13. The van der Waals surface area contributed by atoms with Crippen molar-refractivity contribution in [3.05, 3.63) is 77.1 Å². The van der Waals surface area contributed by atoms with Crippen LogP contribution in [-0.2, 0) is 6.42 Å². The molecule has 0 radical (unpaired) electrons. The summed E-state index contributed by atoms with van der Waals surface area (Å²) in [5, 5.41) is 2.18. The van der Waals surface area contributed by atoms with Crippen LogP contribution in [0.5, 0.6) is 34.5 Å². The molecule has 0 saturated heterocycles. The summed E-state index contributed by atoms with van der Waals surface area (Å²) in [6, 6.07) is 16.3. The summed E-state index contributed by atoms with van der Waals surface area (Å²) in [5.41, 5.74) is 4.52. The molecule has 5 rings (SSSR count). The Kier molecular flexibility index (Phi) is 6.22. The van der Waals surface area contributed by atoms with Crippen molar-refractivity contribution in [1.82, 2.24) is 0 Å². The van der Waals surface area contributed by atoms with Crippen molar-refractivity contribution < 1.29 is 33.0 Å². The van der Waals surface area contributed by atoms with Crippen LogP contribution >= 0.6 is 0 Å². The summed E-state index contributed by atoms with van der Waals surface area (Å²) in [7, 11) is 9.92. The van der Waals surface area contributed by atoms with Gasteiger partial charge in [0.1, 0.15) is 0 Å². The smallest absolute Gasteiger partial charge is 0.209 e. The van der Waals surface area contributed by atoms with Crippen molar-refractivity contribution in [2.24, 2.45) is 0 Å². The number of pyridine rings is 1. The molecule has 0 saturated carbocycles. The summed E-state index contributed by atoms with van der Waals surface area (Å²) in [4.78, 5) is 0. The van der Waals surface area contributed by atoms with Gasteiger partial charge in [-0.15, -0.1) is 0 Å². The lowest BCUT2D eigenvalue weighted by Gasteiger charge is -2.26. The summed E-state index contributed by atoms with van der Waals surface area (Å²) in [5.74, 6) is 4.16. The largest absolute Gasteiger partial charge is 0.493 e. The molecular formula is C29H30NO6+. The Balaban J connectivity index is 1.81. The van der Waals surface area contributed by atoms with Gasteiger partial charge in [0.05, 0.1) is 54.5 Å². The van der Waals surface area contributed by atoms with Crippen LogP contribution in [0, 0.1) is 0 Å². The Morgan fingerprint density at radius 3 is 1.86 bits per heavy atom. The first-order valence-corrected chi connectivity index (χ1v) is 11.6. The lowest BCUT2D eigenvalue weighted by Crippen LogP contribution is -2.47. The summed E-state index contributed by atoms with van der Waals surface area (Å²) in [6.45, 7) is 0. The molecule has 0 bridgehead atoms. The Bertz CT molecular complexity index is 1450. The van der Waals surface area contributed by atoms with Gasteiger partial charge in [-0.2, -0.15) is 4.57 Å². The van der Waals surface area contributed by atoms with E-state index in [4.69, 9.17) is 28.4 Å². The van der Waals surface area contributed by atoms with E-state index in [1.54, 1.807) is 42.7 Å². The van der Waals surface area contributed by atoms with Gasteiger partial charge in [-0.25, -0.2) is 0 Å². The maximum atomic E-state index is 5.67. The number of nitrogens with zero attached hydrogens (tertiary/aromatic N) is 1. The molecule has 36 heavy (non-hydrogen) atoms. The van der Waals surface area contributed by atoms with Gasteiger partial charge in [0.2, 0.25) is 6.04 Å². The van der Waals surface area contributed by atoms with E-state index in [1.807, 2.05) is 18.2 Å². The lowest BCUT2D eigenvalue weighted by atomic mass is 9.86. The number of hydrogen-bond acceptors (Lipinski definition) is 6. The first kappa shape index (κ1) is 23.6. The first-order valence-electron chi connectivity index (χ1n) is 11.6. The van der Waals surface area contributed by atoms with Gasteiger partial charge in [-0.3, -0.25) is 0 Å². The summed E-state index contributed by atoms with van der Waals surface area (Å²) in [6.07, 6.45) is 2.84. The van der Waals surface area contributed by atoms with Gasteiger partial charge < -0.3 is 28.4 Å². The third kappa shape index (κ3) is 3.71. The second-order valence-corrected chi connectivity index (χ2v) is 8.56. The zero-order valence-corrected chi connectivity index (χ0v) is 21.4. The minimum Gasteiger partial charge on any atom is -0.493 e. The number of methoxy groups -OCH3 is 6. The standard InChI is InChI=1S/C29H30NO6/c1-31-23-8-7-18(13-24(23)32-2)29-21-16-28(36-6)26(34-4)14-19(21)11-22-20-15-27(35-5)25(33-3)12-17(20)9-10-30(22)29/h7-10,12-16,29H,11H2,1-6H3/q+1/t29-/m1/s1. The highest BCUT2D eigenvalue weighted by atomic mass is 16.5. The molecule has 0 fully saturated rings. The second kappa shape index (κ2) is 9.49. The molecule has 7 nitrogen and oxygen atoms in total. The van der Waals surface area contributed by atoms with Crippen LogP contribution in [0.2, 0.25) is 0 Å². The molecule has 2 heterocycles. The summed E-state index contributed by atoms with van der Waals surface area (Å²) >= 11 is 0. The van der Waals surface area contributed by atoms with Crippen molar-refractivity contribution in [3.8, 4) is 34.5 Å². The van der Waals surface area contributed by atoms with Crippen LogP contribution in [0.25, 0.3) is 10.8 Å². The highest BCUT2D eigenvalue weighted by molar-refractivity contribution is 5.87. The molecule has 0 unspecified atom stereocenters. The quantitative estimate of drug-likeness (QED) is 0.309. The minimum absolute atomic E-state index is 0.124. The molecule has 7 heteroatoms. The predicted octanol–water partition coefficient (Wildman–Crippen LogP) is 4.72. The molecule has 0 amide bonds. The third-order valence-corrected chi connectivity index (χ3v) is 6.89. The molecule has 1 aliphatic rings. The van der Waals surface area contributed by atoms with E-state index in [9.17, 15) is 0 Å². The molecule has 1 aliphatic heterocycles. The number of ether oxygens (including phenoxy) is 6. The van der Waals surface area contributed by atoms with Crippen LogP contribution < -0.4 is 33.0 Å². The van der Waals surface area contributed by atoms with Gasteiger partial charge in [0.25, 0.3) is 0 Å². The van der Waals surface area contributed by atoms with Gasteiger partial charge in [-0.05, 0) is 53.4 Å². The normalized spacial score (nSPS) is 14.0. The Morgan fingerprint density at radius 1 is 0.611 bits per heavy atom. The molecule has 0 spiro atoms. The number of rotatable bonds is 7. The highest BCUT2D eigenvalue weighted by Gasteiger charge is 2.37. The maximum absolute atomic E-state index is 5.67. The van der Waals surface area contributed by atoms with Crippen molar-refractivity contribution in [3.63, 3.8) is 0 Å². The third-order valence-electron chi connectivity index (χ3n) is 6.89. The van der Waals surface area contributed by atoms with E-state index in [1.165, 1.54) is 0 Å². The predicted molar refractivity (Wildman–Crippen MR) is 136 cm³/mol. The molecule has 0 aliphatic carbocycles. The van der Waals surface area contributed by atoms with Crippen molar-refractivity contribution in [2.75, 3.05) is 42.7 Å². The first-order chi connectivity index (χ1) is 17.6. The molecule has 3 aromatic carbocycles. The van der Waals surface area contributed by atoms with E-state index in [0.717, 1.165) is 33.2 Å². The monoisotopic (exact) mass is 488 g/mol. The van der Waals surface area contributed by atoms with Crippen LogP contribution in [0.15, 0.2) is 54.7 Å². The van der Waals surface area contributed by atoms with E-state index < -0.39 is 0 Å². The topological polar surface area (TPSA) is 59.3 Å². The van der Waals surface area contributed by atoms with E-state index in [-0.39, 0.29) is 6.04 Å². The average molecular weight is 489 g/mol. The van der Waals surface area contributed by atoms with Crippen LogP contribution in [-0.4, -0.2) is 42.7 Å². The Labute approximate surface area is 210 Å². The lowest BCUT2D eigenvalue weighted by molar-refractivity contribution is -0.712.